The first-order valence-electron chi connectivity index (χ1n) is 12.0. The highest BCUT2D eigenvalue weighted by molar-refractivity contribution is 7.13. The van der Waals surface area contributed by atoms with Crippen LogP contribution in [0.3, 0.4) is 0 Å². The first-order chi connectivity index (χ1) is 17.9. The van der Waals surface area contributed by atoms with E-state index in [0.29, 0.717) is 12.4 Å². The molecule has 0 aliphatic carbocycles. The molecule has 2 aromatic heterocycles. The number of esters is 1. The summed E-state index contributed by atoms with van der Waals surface area (Å²) >= 11 is 0. The average molecular weight is 553 g/mol. The van der Waals surface area contributed by atoms with E-state index >= 15 is 0 Å². The molecular formula is C26H45N6O5P. The number of aryl methyl sites for hydroxylation is 1. The van der Waals surface area contributed by atoms with Crippen molar-refractivity contribution in [3.63, 3.8) is 0 Å². The molecule has 0 bridgehead atoms. The number of aliphatic hydroxyl groups excluding tert-OH is 2. The van der Waals surface area contributed by atoms with Crippen LogP contribution in [0.2, 0.25) is 0 Å². The molecule has 11 nitrogen and oxygen atoms in total. The van der Waals surface area contributed by atoms with E-state index in [1.54, 1.807) is 24.6 Å². The van der Waals surface area contributed by atoms with Crippen molar-refractivity contribution in [1.82, 2.24) is 19.7 Å². The largest absolute Gasteiger partial charge is 0.508 e. The number of ether oxygens (including phenoxy) is 2. The van der Waals surface area contributed by atoms with E-state index < -0.39 is 0 Å². The van der Waals surface area contributed by atoms with Crippen LogP contribution in [0.4, 0.5) is 5.82 Å². The predicted octanol–water partition coefficient (Wildman–Crippen LogP) is 3.76. The summed E-state index contributed by atoms with van der Waals surface area (Å²) in [4.78, 5) is 15.1. The zero-order valence-electron chi connectivity index (χ0n) is 23.4. The molecule has 0 aliphatic heterocycles. The Balaban J connectivity index is 0. The quantitative estimate of drug-likeness (QED) is 0.147. The maximum Gasteiger partial charge on any atom is 0.323 e. The van der Waals surface area contributed by atoms with E-state index in [9.17, 15) is 4.79 Å². The second-order valence-corrected chi connectivity index (χ2v) is 9.48. The third kappa shape index (κ3) is 15.9. The molecule has 5 N–H and O–H groups in total. The predicted molar refractivity (Wildman–Crippen MR) is 154 cm³/mol. The van der Waals surface area contributed by atoms with Crippen LogP contribution < -0.4 is 10.8 Å². The summed E-state index contributed by atoms with van der Waals surface area (Å²) in [5, 5.41) is 31.0. The van der Waals surface area contributed by atoms with Crippen molar-refractivity contribution in [3.05, 3.63) is 48.6 Å². The number of methoxy groups -OCH3 is 1. The molecule has 0 saturated heterocycles. The fourth-order valence-corrected chi connectivity index (χ4v) is 2.70. The lowest BCUT2D eigenvalue weighted by Gasteiger charge is -2.19. The summed E-state index contributed by atoms with van der Waals surface area (Å²) in [6.45, 7) is 17.1. The number of fused-ring (bicyclic) bond motifs is 1. The number of nitrogens with two attached hydrogens (primary N) is 1. The van der Waals surface area contributed by atoms with Gasteiger partial charge in [-0.1, -0.05) is 43.7 Å². The Labute approximate surface area is 229 Å². The van der Waals surface area contributed by atoms with Gasteiger partial charge in [0.1, 0.15) is 23.6 Å². The number of allylic oxidation sites excluding steroid dienone is 2. The maximum absolute atomic E-state index is 11.1. The molecule has 0 spiro atoms. The van der Waals surface area contributed by atoms with Crippen LogP contribution in [-0.2, 0) is 20.7 Å². The second kappa shape index (κ2) is 21.0. The van der Waals surface area contributed by atoms with Gasteiger partial charge in [0.2, 0.25) is 0 Å². The fourth-order valence-electron chi connectivity index (χ4n) is 2.56. The van der Waals surface area contributed by atoms with Crippen LogP contribution in [0, 0.1) is 17.2 Å². The summed E-state index contributed by atoms with van der Waals surface area (Å²) in [7, 11) is 3.89. The van der Waals surface area contributed by atoms with E-state index in [-0.39, 0.29) is 35.9 Å². The third-order valence-corrected chi connectivity index (χ3v) is 5.19. The van der Waals surface area contributed by atoms with Gasteiger partial charge in [-0.2, -0.15) is 5.10 Å². The number of aliphatic hydroxyl groups is 2. The first-order valence-corrected chi connectivity index (χ1v) is 12.6. The van der Waals surface area contributed by atoms with Crippen LogP contribution in [0.1, 0.15) is 53.2 Å². The maximum atomic E-state index is 11.1. The molecular weight excluding hydrogens is 507 g/mol. The van der Waals surface area contributed by atoms with Crippen LogP contribution in [0.15, 0.2) is 43.0 Å². The minimum absolute atomic E-state index is 0.0247. The summed E-state index contributed by atoms with van der Waals surface area (Å²) in [5.74, 6) is 0.527. The van der Waals surface area contributed by atoms with Gasteiger partial charge in [-0.3, -0.25) is 9.88 Å². The highest BCUT2D eigenvalue weighted by atomic mass is 31.0. The normalized spacial score (nSPS) is 12.4. The highest BCUT2D eigenvalue weighted by Gasteiger charge is 2.17. The standard InChI is InChI=1S/C11H16N4O2.C8H18NO2P.C6H10O.CHN/c1-17-9(6-16)4-2-8-3-5-10-11(12)13-7-14-15(8)10;1-6(9-12)7(10)11-5-8(2,3)4;1-3-5-6(7)4-2;1-2/h3,5,7,9,16H,2,4,6H2,1H3,(H2,12,13,14);6,9H,5,12H2,1-4H3;4-5,7H,2-3H2,1H3;1H/b;;6-5+;. The molecule has 0 radical (unpaired) electrons. The van der Waals surface area contributed by atoms with Gasteiger partial charge in [0.05, 0.1) is 19.3 Å². The van der Waals surface area contributed by atoms with Crippen molar-refractivity contribution in [2.24, 2.45) is 5.41 Å². The Bertz CT molecular complexity index is 983. The van der Waals surface area contributed by atoms with Gasteiger partial charge in [0.15, 0.2) is 5.82 Å². The molecule has 2 rings (SSSR count). The highest BCUT2D eigenvalue weighted by Crippen LogP contribution is 2.15. The lowest BCUT2D eigenvalue weighted by Crippen LogP contribution is -2.31. The second-order valence-electron chi connectivity index (χ2n) is 9.14. The molecule has 2 aromatic rings. The van der Waals surface area contributed by atoms with Gasteiger partial charge in [-0.25, -0.2) is 14.8 Å². The Hall–Kier alpha value is -3.03. The monoisotopic (exact) mass is 552 g/mol. The number of anilines is 1. The number of hydrogen-bond donors (Lipinski definition) is 4. The Morgan fingerprint density at radius 1 is 1.39 bits per heavy atom. The van der Waals surface area contributed by atoms with E-state index in [2.05, 4.69) is 37.7 Å². The molecule has 0 aliphatic rings. The van der Waals surface area contributed by atoms with Gasteiger partial charge in [-0.15, -0.1) is 0 Å². The number of nitrogens with zero attached hydrogens (tertiary/aromatic N) is 4. The topological polar surface area (TPSA) is 168 Å². The SMILES string of the molecule is C#N.C=C/C(O)=C\CC.CC(NP)C(=O)OCC(C)(C)C.COC(CO)CCc1ccc2c(N)ncnn12. The van der Waals surface area contributed by atoms with Crippen molar-refractivity contribution < 1.29 is 24.5 Å². The molecule has 0 saturated carbocycles. The van der Waals surface area contributed by atoms with Crippen LogP contribution in [0.25, 0.3) is 5.52 Å². The van der Waals surface area contributed by atoms with Crippen molar-refractivity contribution in [2.75, 3.05) is 26.1 Å². The minimum Gasteiger partial charge on any atom is -0.508 e. The summed E-state index contributed by atoms with van der Waals surface area (Å²) in [6, 6.07) is 3.60. The third-order valence-electron chi connectivity index (χ3n) is 4.69. The Kier molecular flexibility index (Phi) is 20.5. The van der Waals surface area contributed by atoms with Gasteiger partial charge >= 0.3 is 5.97 Å². The number of hydrogen-bond acceptors (Lipinski definition) is 10. The van der Waals surface area contributed by atoms with Crippen LogP contribution >= 0.6 is 9.39 Å². The van der Waals surface area contributed by atoms with Gasteiger partial charge in [0.25, 0.3) is 0 Å². The van der Waals surface area contributed by atoms with E-state index in [0.717, 1.165) is 30.5 Å². The zero-order valence-corrected chi connectivity index (χ0v) is 24.6. The summed E-state index contributed by atoms with van der Waals surface area (Å²) in [6.07, 6.45) is 6.78. The first kappa shape index (κ1) is 37.1. The van der Waals surface area contributed by atoms with E-state index in [4.69, 9.17) is 30.7 Å². The summed E-state index contributed by atoms with van der Waals surface area (Å²) < 4.78 is 11.9. The van der Waals surface area contributed by atoms with Gasteiger partial charge in [-0.05, 0) is 55.9 Å². The molecule has 12 heteroatoms. The minimum atomic E-state index is -0.252. The molecule has 2 heterocycles. The van der Waals surface area contributed by atoms with E-state index in [1.165, 1.54) is 12.4 Å². The number of rotatable bonds is 10. The molecule has 3 unspecified atom stereocenters. The smallest absolute Gasteiger partial charge is 0.323 e. The van der Waals surface area contributed by atoms with Gasteiger partial charge in [0, 0.05) is 19.4 Å². The van der Waals surface area contributed by atoms with Crippen molar-refractivity contribution >= 4 is 26.7 Å². The van der Waals surface area contributed by atoms with Crippen molar-refractivity contribution in [3.8, 4) is 6.57 Å². The van der Waals surface area contributed by atoms with E-state index in [1.807, 2.05) is 39.8 Å². The number of nitrogens with one attached hydrogen (secondary N) is 1. The van der Waals surface area contributed by atoms with Gasteiger partial charge < -0.3 is 25.4 Å². The van der Waals surface area contributed by atoms with Crippen LogP contribution in [0.5, 0.6) is 0 Å². The Morgan fingerprint density at radius 2 is 2.03 bits per heavy atom. The lowest BCUT2D eigenvalue weighted by molar-refractivity contribution is -0.147. The molecule has 214 valence electrons. The molecule has 3 atom stereocenters. The molecule has 0 fully saturated rings. The van der Waals surface area contributed by atoms with Crippen molar-refractivity contribution in [2.45, 2.75) is 66.0 Å². The number of nitrogen functional groups attached to an aromatic ring is 1. The average Bonchev–Trinajstić information content (AvgIpc) is 3.33. The fraction of sp³-hybridized carbons (Fsp3) is 0.538. The lowest BCUT2D eigenvalue weighted by atomic mass is 9.99. The molecule has 0 amide bonds. The number of aromatic nitrogens is 3. The number of nitriles is 1. The Morgan fingerprint density at radius 3 is 2.47 bits per heavy atom. The number of carbonyl (C=O) groups excluding carboxylic acids is 1. The molecule has 0 aromatic carbocycles. The molecule has 38 heavy (non-hydrogen) atoms. The zero-order chi connectivity index (χ0) is 29.7. The van der Waals surface area contributed by atoms with Crippen LogP contribution in [-0.4, -0.2) is 63.2 Å². The van der Waals surface area contributed by atoms with Crippen molar-refractivity contribution in [1.29, 1.82) is 5.26 Å². The summed E-state index contributed by atoms with van der Waals surface area (Å²) in [5.41, 5.74) is 7.62. The number of carbonyl (C=O) groups is 1.